The number of hydrogen-bond donors (Lipinski definition) is 2. The normalized spacial score (nSPS) is 19.8. The zero-order valence-electron chi connectivity index (χ0n) is 20.3. The Kier molecular flexibility index (Phi) is 6.58. The van der Waals surface area contributed by atoms with Gasteiger partial charge in [0, 0.05) is 35.9 Å². The summed E-state index contributed by atoms with van der Waals surface area (Å²) in [6.07, 6.45) is 0.454. The molecule has 36 heavy (non-hydrogen) atoms. The molecule has 0 aromatic heterocycles. The van der Waals surface area contributed by atoms with Crippen LogP contribution in [0.15, 0.2) is 54.6 Å². The van der Waals surface area contributed by atoms with Crippen LogP contribution in [0.2, 0.25) is 0 Å². The van der Waals surface area contributed by atoms with Gasteiger partial charge in [-0.2, -0.15) is 4.39 Å². The third-order valence-electron chi connectivity index (χ3n) is 7.00. The van der Waals surface area contributed by atoms with Crippen molar-refractivity contribution in [3.63, 3.8) is 0 Å². The molecule has 1 saturated heterocycles. The summed E-state index contributed by atoms with van der Waals surface area (Å²) in [7, 11) is 0. The summed E-state index contributed by atoms with van der Waals surface area (Å²) in [5.41, 5.74) is 2.52. The maximum Gasteiger partial charge on any atom is 0.200 e. The quantitative estimate of drug-likeness (QED) is 0.431. The van der Waals surface area contributed by atoms with Crippen molar-refractivity contribution in [3.05, 3.63) is 82.9 Å². The van der Waals surface area contributed by atoms with Gasteiger partial charge in [0.25, 0.3) is 0 Å². The van der Waals surface area contributed by atoms with Gasteiger partial charge in [-0.1, -0.05) is 19.1 Å². The molecule has 3 aromatic rings. The van der Waals surface area contributed by atoms with Crippen LogP contribution >= 0.6 is 0 Å². The molecule has 2 aliphatic heterocycles. The number of aromatic hydroxyl groups is 2. The first kappa shape index (κ1) is 24.1. The molecule has 0 spiro atoms. The monoisotopic (exact) mass is 493 g/mol. The fraction of sp³-hybridized carbons (Fsp3) is 0.310. The van der Waals surface area contributed by atoms with E-state index in [4.69, 9.17) is 9.47 Å². The number of likely N-dealkylation sites (tertiary alicyclic amines) is 1. The van der Waals surface area contributed by atoms with Gasteiger partial charge in [0.15, 0.2) is 11.6 Å². The van der Waals surface area contributed by atoms with Gasteiger partial charge < -0.3 is 19.7 Å². The number of hydrogen-bond acceptors (Lipinski definition) is 5. The molecule has 0 radical (unpaired) electrons. The minimum absolute atomic E-state index is 0.00620. The Morgan fingerprint density at radius 2 is 1.75 bits per heavy atom. The van der Waals surface area contributed by atoms with Crippen molar-refractivity contribution in [2.45, 2.75) is 26.4 Å². The number of ether oxygens (including phenoxy) is 2. The lowest BCUT2D eigenvalue weighted by Crippen LogP contribution is -2.25. The van der Waals surface area contributed by atoms with E-state index in [-0.39, 0.29) is 11.3 Å². The van der Waals surface area contributed by atoms with Crippen molar-refractivity contribution in [1.29, 1.82) is 0 Å². The molecule has 0 amide bonds. The summed E-state index contributed by atoms with van der Waals surface area (Å²) in [5.74, 6) is -1.27. The van der Waals surface area contributed by atoms with Crippen LogP contribution in [0.4, 0.5) is 8.78 Å². The molecule has 2 aliphatic rings. The summed E-state index contributed by atoms with van der Waals surface area (Å²) in [4.78, 5) is 2.40. The minimum atomic E-state index is -1.31. The van der Waals surface area contributed by atoms with E-state index in [1.54, 1.807) is 6.07 Å². The van der Waals surface area contributed by atoms with Gasteiger partial charge in [0.05, 0.1) is 0 Å². The minimum Gasteiger partial charge on any atom is -0.508 e. The molecule has 2 heterocycles. The summed E-state index contributed by atoms with van der Waals surface area (Å²) >= 11 is 0. The van der Waals surface area contributed by atoms with Crippen molar-refractivity contribution in [3.8, 4) is 23.0 Å². The van der Waals surface area contributed by atoms with Crippen molar-refractivity contribution in [2.75, 3.05) is 26.2 Å². The van der Waals surface area contributed by atoms with Gasteiger partial charge >= 0.3 is 0 Å². The summed E-state index contributed by atoms with van der Waals surface area (Å²) in [6, 6.07) is 14.6. The third kappa shape index (κ3) is 4.63. The lowest BCUT2D eigenvalue weighted by molar-refractivity contribution is 0.233. The Bertz CT molecular complexity index is 1310. The van der Waals surface area contributed by atoms with Crippen LogP contribution < -0.4 is 9.47 Å². The molecule has 1 fully saturated rings. The predicted octanol–water partition coefficient (Wildman–Crippen LogP) is 6.16. The molecule has 188 valence electrons. The van der Waals surface area contributed by atoms with Gasteiger partial charge in [0.2, 0.25) is 5.82 Å². The zero-order chi connectivity index (χ0) is 25.4. The van der Waals surface area contributed by atoms with Crippen molar-refractivity contribution >= 4 is 11.1 Å². The second kappa shape index (κ2) is 9.82. The van der Waals surface area contributed by atoms with Crippen LogP contribution in [0, 0.1) is 17.6 Å². The van der Waals surface area contributed by atoms with E-state index >= 15 is 4.39 Å². The number of fused-ring (bicyclic) bond motifs is 1. The Morgan fingerprint density at radius 3 is 2.47 bits per heavy atom. The summed E-state index contributed by atoms with van der Waals surface area (Å²) < 4.78 is 41.5. The van der Waals surface area contributed by atoms with Crippen LogP contribution in [0.3, 0.4) is 0 Å². The molecular weight excluding hydrogens is 464 g/mol. The third-order valence-corrected chi connectivity index (χ3v) is 7.00. The maximum atomic E-state index is 15.0. The SMILES string of the molecule is CC1=C(c2ccc(O)c(F)c2F)[C@@H](c2ccc(OCCN3CC[C@@H](C)C3)cc2)Oc2cc(O)ccc21. The Morgan fingerprint density at radius 1 is 1.00 bits per heavy atom. The fourth-order valence-electron chi connectivity index (χ4n) is 5.03. The average molecular weight is 494 g/mol. The van der Waals surface area contributed by atoms with Crippen LogP contribution in [0.1, 0.15) is 43.1 Å². The first-order chi connectivity index (χ1) is 17.3. The molecular formula is C29H29F2NO4. The van der Waals surface area contributed by atoms with Crippen molar-refractivity contribution in [1.82, 2.24) is 4.90 Å². The largest absolute Gasteiger partial charge is 0.508 e. The van der Waals surface area contributed by atoms with E-state index in [1.165, 1.54) is 24.6 Å². The Hall–Kier alpha value is -3.58. The highest BCUT2D eigenvalue weighted by Gasteiger charge is 2.32. The van der Waals surface area contributed by atoms with E-state index in [0.717, 1.165) is 31.6 Å². The lowest BCUT2D eigenvalue weighted by Gasteiger charge is -2.31. The average Bonchev–Trinajstić information content (AvgIpc) is 3.28. The molecule has 0 aliphatic carbocycles. The van der Waals surface area contributed by atoms with Crippen LogP contribution in [-0.4, -0.2) is 41.4 Å². The zero-order valence-corrected chi connectivity index (χ0v) is 20.3. The Balaban J connectivity index is 1.45. The van der Waals surface area contributed by atoms with Gasteiger partial charge in [0.1, 0.15) is 30.0 Å². The second-order valence-electron chi connectivity index (χ2n) is 9.59. The van der Waals surface area contributed by atoms with E-state index in [0.29, 0.717) is 40.4 Å². The number of halogens is 2. The molecule has 7 heteroatoms. The summed E-state index contributed by atoms with van der Waals surface area (Å²) in [6.45, 7) is 7.72. The second-order valence-corrected chi connectivity index (χ2v) is 9.59. The molecule has 2 atom stereocenters. The van der Waals surface area contributed by atoms with Crippen LogP contribution in [0.25, 0.3) is 11.1 Å². The van der Waals surface area contributed by atoms with Gasteiger partial charge in [-0.25, -0.2) is 4.39 Å². The predicted molar refractivity (Wildman–Crippen MR) is 134 cm³/mol. The molecule has 0 saturated carbocycles. The number of nitrogens with zero attached hydrogens (tertiary/aromatic N) is 1. The van der Waals surface area contributed by atoms with Gasteiger partial charge in [-0.15, -0.1) is 0 Å². The molecule has 5 nitrogen and oxygen atoms in total. The lowest BCUT2D eigenvalue weighted by atomic mass is 9.85. The Labute approximate surface area is 209 Å². The number of phenols is 2. The first-order valence-electron chi connectivity index (χ1n) is 12.1. The topological polar surface area (TPSA) is 62.2 Å². The smallest absolute Gasteiger partial charge is 0.200 e. The number of benzene rings is 3. The van der Waals surface area contributed by atoms with E-state index in [9.17, 15) is 14.6 Å². The molecule has 0 bridgehead atoms. The van der Waals surface area contributed by atoms with Gasteiger partial charge in [-0.3, -0.25) is 4.90 Å². The standard InChI is InChI=1S/C29H29F2NO4/c1-17-11-12-32(16-17)13-14-35-21-6-3-19(4-7-21)29-26(23-9-10-24(34)28(31)27(23)30)18(2)22-8-5-20(33)15-25(22)36-29/h3-10,15,17,29,33-34H,11-14,16H2,1-2H3/t17-,29-/m1/s1. The highest BCUT2D eigenvalue weighted by Crippen LogP contribution is 2.48. The van der Waals surface area contributed by atoms with Crippen LogP contribution in [-0.2, 0) is 0 Å². The van der Waals surface area contributed by atoms with Crippen molar-refractivity contribution in [2.24, 2.45) is 5.92 Å². The maximum absolute atomic E-state index is 15.0. The molecule has 2 N–H and O–H groups in total. The highest BCUT2D eigenvalue weighted by atomic mass is 19.2. The number of rotatable bonds is 6. The van der Waals surface area contributed by atoms with Crippen LogP contribution in [0.5, 0.6) is 23.0 Å². The highest BCUT2D eigenvalue weighted by molar-refractivity contribution is 5.95. The molecule has 0 unspecified atom stereocenters. The summed E-state index contributed by atoms with van der Waals surface area (Å²) in [5, 5.41) is 19.6. The van der Waals surface area contributed by atoms with Gasteiger partial charge in [-0.05, 0) is 73.3 Å². The number of phenolic OH excluding ortho intramolecular Hbond substituents is 2. The van der Waals surface area contributed by atoms with E-state index < -0.39 is 23.5 Å². The number of allylic oxidation sites excluding steroid dienone is 1. The molecule has 5 rings (SSSR count). The van der Waals surface area contributed by atoms with Crippen molar-refractivity contribution < 1.29 is 28.5 Å². The molecule has 3 aromatic carbocycles. The van der Waals surface area contributed by atoms with E-state index in [1.807, 2.05) is 31.2 Å². The van der Waals surface area contributed by atoms with E-state index in [2.05, 4.69) is 11.8 Å². The first-order valence-corrected chi connectivity index (χ1v) is 12.1. The fourth-order valence-corrected chi connectivity index (χ4v) is 5.03.